The van der Waals surface area contributed by atoms with Gasteiger partial charge in [-0.25, -0.2) is 0 Å². The number of carbonyl (C=O) groups excluding carboxylic acids is 3. The van der Waals surface area contributed by atoms with Crippen molar-refractivity contribution in [3.63, 3.8) is 0 Å². The van der Waals surface area contributed by atoms with Crippen LogP contribution in [0.2, 0.25) is 0 Å². The molecule has 0 amide bonds. The molecule has 0 aliphatic carbocycles. The lowest BCUT2D eigenvalue weighted by molar-refractivity contribution is -0.167. The van der Waals surface area contributed by atoms with Crippen molar-refractivity contribution in [3.05, 3.63) is 60.8 Å². The number of unbranched alkanes of at least 4 members (excludes halogenated alkanes) is 35. The topological polar surface area (TPSA) is 78.9 Å². The van der Waals surface area contributed by atoms with Crippen LogP contribution in [0.3, 0.4) is 0 Å². The Morgan fingerprint density at radius 3 is 0.831 bits per heavy atom. The van der Waals surface area contributed by atoms with Crippen molar-refractivity contribution in [1.82, 2.24) is 0 Å². The van der Waals surface area contributed by atoms with Gasteiger partial charge in [-0.3, -0.25) is 14.4 Å². The third kappa shape index (κ3) is 57.9. The molecular weight excluding hydrogens is 877 g/mol. The molecule has 0 saturated carbocycles. The molecule has 0 heterocycles. The van der Waals surface area contributed by atoms with Gasteiger partial charge >= 0.3 is 17.9 Å². The van der Waals surface area contributed by atoms with Crippen LogP contribution in [-0.4, -0.2) is 37.2 Å². The van der Waals surface area contributed by atoms with Gasteiger partial charge in [-0.05, 0) is 109 Å². The minimum Gasteiger partial charge on any atom is -0.462 e. The van der Waals surface area contributed by atoms with Crippen LogP contribution in [0.1, 0.15) is 316 Å². The first kappa shape index (κ1) is 68.1. The monoisotopic (exact) mass is 993 g/mol. The highest BCUT2D eigenvalue weighted by Gasteiger charge is 2.19. The van der Waals surface area contributed by atoms with Crippen LogP contribution in [0, 0.1) is 0 Å². The van der Waals surface area contributed by atoms with Crippen LogP contribution in [0.4, 0.5) is 0 Å². The maximum Gasteiger partial charge on any atom is 0.306 e. The summed E-state index contributed by atoms with van der Waals surface area (Å²) in [5, 5.41) is 0. The maximum atomic E-state index is 12.9. The van der Waals surface area contributed by atoms with E-state index < -0.39 is 6.10 Å². The summed E-state index contributed by atoms with van der Waals surface area (Å²) < 4.78 is 16.9. The Labute approximate surface area is 440 Å². The van der Waals surface area contributed by atoms with Gasteiger partial charge in [0.05, 0.1) is 0 Å². The van der Waals surface area contributed by atoms with Gasteiger partial charge < -0.3 is 14.2 Å². The Morgan fingerprint density at radius 2 is 0.507 bits per heavy atom. The zero-order valence-electron chi connectivity index (χ0n) is 47.2. The van der Waals surface area contributed by atoms with Crippen LogP contribution >= 0.6 is 0 Å². The van der Waals surface area contributed by atoms with Crippen molar-refractivity contribution in [2.45, 2.75) is 322 Å². The first-order chi connectivity index (χ1) is 35.0. The third-order valence-corrected chi connectivity index (χ3v) is 13.5. The zero-order chi connectivity index (χ0) is 51.4. The van der Waals surface area contributed by atoms with Gasteiger partial charge in [0.15, 0.2) is 6.10 Å². The number of hydrogen-bond acceptors (Lipinski definition) is 6. The molecule has 0 aromatic carbocycles. The number of esters is 3. The molecule has 0 fully saturated rings. The molecule has 0 rings (SSSR count). The highest BCUT2D eigenvalue weighted by atomic mass is 16.6. The molecule has 412 valence electrons. The molecule has 1 atom stereocenters. The molecule has 1 unspecified atom stereocenters. The molecule has 0 N–H and O–H groups in total. The van der Waals surface area contributed by atoms with Crippen molar-refractivity contribution < 1.29 is 28.6 Å². The lowest BCUT2D eigenvalue weighted by Crippen LogP contribution is -2.30. The van der Waals surface area contributed by atoms with E-state index in [1.54, 1.807) is 0 Å². The summed E-state index contributed by atoms with van der Waals surface area (Å²) in [4.78, 5) is 38.2. The predicted octanol–water partition coefficient (Wildman–Crippen LogP) is 20.8. The lowest BCUT2D eigenvalue weighted by Gasteiger charge is -2.18. The van der Waals surface area contributed by atoms with E-state index in [4.69, 9.17) is 14.2 Å². The molecule has 0 saturated heterocycles. The molecule has 0 bridgehead atoms. The van der Waals surface area contributed by atoms with Gasteiger partial charge in [0, 0.05) is 19.3 Å². The normalized spacial score (nSPS) is 12.4. The SMILES string of the molecule is CCCCC/C=C\CCCCCCCC(=O)OCC(COC(=O)CCCCCCCCCCCCC/C=C\C/C=C\CCCCCCC)OC(=O)CCCCCCCCC/C=C\C/C=C\CCCCCC. The quantitative estimate of drug-likeness (QED) is 0.0261. The van der Waals surface area contributed by atoms with E-state index in [0.717, 1.165) is 83.5 Å². The van der Waals surface area contributed by atoms with E-state index in [1.807, 2.05) is 0 Å². The second kappa shape index (κ2) is 59.7. The van der Waals surface area contributed by atoms with Gasteiger partial charge in [0.25, 0.3) is 0 Å². The molecule has 6 nitrogen and oxygen atoms in total. The third-order valence-electron chi connectivity index (χ3n) is 13.5. The second-order valence-electron chi connectivity index (χ2n) is 20.6. The van der Waals surface area contributed by atoms with Crippen LogP contribution in [0.25, 0.3) is 0 Å². The van der Waals surface area contributed by atoms with Gasteiger partial charge in [0.1, 0.15) is 13.2 Å². The van der Waals surface area contributed by atoms with E-state index in [2.05, 4.69) is 81.5 Å². The second-order valence-corrected chi connectivity index (χ2v) is 20.6. The standard InChI is InChI=1S/C65H116O6/c1-4-7-10-13-16-19-22-25-27-29-31-32-33-34-35-37-38-40-43-46-49-52-55-58-64(67)70-61-62(60-69-63(66)57-54-51-48-45-42-24-21-18-15-12-9-6-3)71-65(68)59-56-53-50-47-44-41-39-36-30-28-26-23-20-17-14-11-8-5-2/h18,20-23,25,28-31,62H,4-17,19,24,26-27,32-61H2,1-3H3/b21-18-,23-20-,25-22-,30-28-,31-29-. The summed E-state index contributed by atoms with van der Waals surface area (Å²) in [6.45, 7) is 6.61. The maximum absolute atomic E-state index is 12.9. The number of allylic oxidation sites excluding steroid dienone is 10. The van der Waals surface area contributed by atoms with Crippen molar-refractivity contribution in [2.24, 2.45) is 0 Å². The zero-order valence-corrected chi connectivity index (χ0v) is 47.2. The number of rotatable bonds is 56. The fourth-order valence-electron chi connectivity index (χ4n) is 8.79. The molecule has 71 heavy (non-hydrogen) atoms. The van der Waals surface area contributed by atoms with E-state index in [-0.39, 0.29) is 31.1 Å². The Morgan fingerprint density at radius 1 is 0.282 bits per heavy atom. The van der Waals surface area contributed by atoms with E-state index >= 15 is 0 Å². The Kier molecular flexibility index (Phi) is 57.2. The Bertz CT molecular complexity index is 1280. The van der Waals surface area contributed by atoms with Gasteiger partial charge in [-0.15, -0.1) is 0 Å². The molecule has 0 aliphatic rings. The highest BCUT2D eigenvalue weighted by Crippen LogP contribution is 2.16. The molecule has 0 aliphatic heterocycles. The minimum absolute atomic E-state index is 0.0798. The Balaban J connectivity index is 4.31. The Hall–Kier alpha value is -2.89. The van der Waals surface area contributed by atoms with E-state index in [9.17, 15) is 14.4 Å². The molecule has 6 heteroatoms. The van der Waals surface area contributed by atoms with Crippen LogP contribution < -0.4 is 0 Å². The number of hydrogen-bond donors (Lipinski definition) is 0. The summed E-state index contributed by atoms with van der Waals surface area (Å²) in [5.41, 5.74) is 0. The number of carbonyl (C=O) groups is 3. The van der Waals surface area contributed by atoms with Crippen molar-refractivity contribution >= 4 is 17.9 Å². The summed E-state index contributed by atoms with van der Waals surface area (Å²) in [5.74, 6) is -0.886. The predicted molar refractivity (Wildman–Crippen MR) is 307 cm³/mol. The first-order valence-corrected chi connectivity index (χ1v) is 30.8. The van der Waals surface area contributed by atoms with Gasteiger partial charge in [-0.2, -0.15) is 0 Å². The average Bonchev–Trinajstić information content (AvgIpc) is 3.37. The van der Waals surface area contributed by atoms with E-state index in [1.165, 1.54) is 193 Å². The van der Waals surface area contributed by atoms with Crippen molar-refractivity contribution in [1.29, 1.82) is 0 Å². The van der Waals surface area contributed by atoms with Gasteiger partial charge in [-0.1, -0.05) is 248 Å². The van der Waals surface area contributed by atoms with Crippen molar-refractivity contribution in [2.75, 3.05) is 13.2 Å². The van der Waals surface area contributed by atoms with Gasteiger partial charge in [0.2, 0.25) is 0 Å². The molecule has 0 aromatic rings. The summed E-state index contributed by atoms with van der Waals surface area (Å²) >= 11 is 0. The number of ether oxygens (including phenoxy) is 3. The highest BCUT2D eigenvalue weighted by molar-refractivity contribution is 5.71. The fraction of sp³-hybridized carbons (Fsp3) is 0.800. The van der Waals surface area contributed by atoms with E-state index in [0.29, 0.717) is 19.3 Å². The smallest absolute Gasteiger partial charge is 0.306 e. The molecule has 0 aromatic heterocycles. The summed E-state index contributed by atoms with van der Waals surface area (Å²) in [6, 6.07) is 0. The molecular formula is C65H116O6. The van der Waals surface area contributed by atoms with Crippen LogP contribution in [0.5, 0.6) is 0 Å². The van der Waals surface area contributed by atoms with Crippen LogP contribution in [0.15, 0.2) is 60.8 Å². The molecule has 0 radical (unpaired) electrons. The minimum atomic E-state index is -0.782. The first-order valence-electron chi connectivity index (χ1n) is 30.8. The van der Waals surface area contributed by atoms with Crippen LogP contribution in [-0.2, 0) is 28.6 Å². The summed E-state index contributed by atoms with van der Waals surface area (Å²) in [7, 11) is 0. The lowest BCUT2D eigenvalue weighted by atomic mass is 10.0. The van der Waals surface area contributed by atoms with Crippen molar-refractivity contribution in [3.8, 4) is 0 Å². The largest absolute Gasteiger partial charge is 0.462 e. The summed E-state index contributed by atoms with van der Waals surface area (Å²) in [6.07, 6.45) is 75.0. The average molecular weight is 994 g/mol. The molecule has 0 spiro atoms. The fourth-order valence-corrected chi connectivity index (χ4v) is 8.79.